The van der Waals surface area contributed by atoms with Crippen LogP contribution in [0.1, 0.15) is 15.9 Å². The first-order valence-electron chi connectivity index (χ1n) is 7.91. The number of Topliss-reactive ketones (excluding diaryl/α,β-unsaturated/α-hetero) is 1. The van der Waals surface area contributed by atoms with Gasteiger partial charge in [-0.05, 0) is 42.8 Å². The lowest BCUT2D eigenvalue weighted by molar-refractivity contribution is -0.116. The summed E-state index contributed by atoms with van der Waals surface area (Å²) in [4.78, 5) is 24.1. The quantitative estimate of drug-likeness (QED) is 0.576. The Kier molecular flexibility index (Phi) is 5.10. The zero-order chi connectivity index (χ0) is 19.8. The molecule has 0 aliphatic rings. The van der Waals surface area contributed by atoms with Crippen LogP contribution < -0.4 is 5.32 Å². The molecule has 0 atom stereocenters. The third-order valence-electron chi connectivity index (χ3n) is 3.96. The number of benzene rings is 2. The van der Waals surface area contributed by atoms with Crippen molar-refractivity contribution in [2.75, 3.05) is 5.32 Å². The topological polar surface area (TPSA) is 51.1 Å². The summed E-state index contributed by atoms with van der Waals surface area (Å²) in [6.45, 7) is 1.65. The van der Waals surface area contributed by atoms with Crippen molar-refractivity contribution in [3.8, 4) is 0 Å². The van der Waals surface area contributed by atoms with Gasteiger partial charge >= 0.3 is 6.18 Å². The van der Waals surface area contributed by atoms with Gasteiger partial charge in [-0.25, -0.2) is 0 Å². The number of nitrogens with one attached hydrogen (secondary N) is 1. The Labute approximate surface area is 161 Å². The van der Waals surface area contributed by atoms with Gasteiger partial charge in [0.15, 0.2) is 0 Å². The van der Waals surface area contributed by atoms with Crippen LogP contribution in [-0.4, -0.2) is 22.4 Å². The van der Waals surface area contributed by atoms with Crippen LogP contribution >= 0.6 is 15.9 Å². The predicted octanol–water partition coefficient (Wildman–Crippen LogP) is 5.10. The van der Waals surface area contributed by atoms with E-state index in [0.717, 1.165) is 11.8 Å². The van der Waals surface area contributed by atoms with E-state index in [0.29, 0.717) is 15.7 Å². The van der Waals surface area contributed by atoms with Crippen molar-refractivity contribution in [1.82, 2.24) is 4.57 Å². The van der Waals surface area contributed by atoms with E-state index in [9.17, 15) is 22.8 Å². The molecule has 140 valence electrons. The van der Waals surface area contributed by atoms with Crippen molar-refractivity contribution in [3.63, 3.8) is 0 Å². The molecule has 0 radical (unpaired) electrons. The van der Waals surface area contributed by atoms with E-state index in [1.807, 2.05) is 13.0 Å². The number of aromatic nitrogens is 1. The molecule has 0 saturated carbocycles. The van der Waals surface area contributed by atoms with Crippen LogP contribution in [0.5, 0.6) is 0 Å². The van der Waals surface area contributed by atoms with E-state index in [1.165, 1.54) is 10.6 Å². The first kappa shape index (κ1) is 19.2. The van der Waals surface area contributed by atoms with Gasteiger partial charge < -0.3 is 9.88 Å². The molecule has 0 fully saturated rings. The Hall–Kier alpha value is -2.61. The summed E-state index contributed by atoms with van der Waals surface area (Å²) >= 11 is 3.20. The van der Waals surface area contributed by atoms with Gasteiger partial charge in [-0.2, -0.15) is 13.2 Å². The van der Waals surface area contributed by atoms with Gasteiger partial charge in [0.25, 0.3) is 5.78 Å². The minimum Gasteiger partial charge on any atom is -0.337 e. The van der Waals surface area contributed by atoms with Crippen molar-refractivity contribution < 1.29 is 22.8 Å². The molecular weight excluding hydrogens is 425 g/mol. The lowest BCUT2D eigenvalue weighted by Gasteiger charge is -2.08. The van der Waals surface area contributed by atoms with Crippen LogP contribution in [0, 0.1) is 6.92 Å². The molecule has 0 aliphatic heterocycles. The van der Waals surface area contributed by atoms with E-state index in [-0.39, 0.29) is 11.9 Å². The molecule has 1 N–H and O–H groups in total. The van der Waals surface area contributed by atoms with Crippen LogP contribution in [0.4, 0.5) is 18.9 Å². The fourth-order valence-electron chi connectivity index (χ4n) is 2.81. The summed E-state index contributed by atoms with van der Waals surface area (Å²) in [7, 11) is 0. The molecule has 0 aliphatic carbocycles. The number of hydrogen-bond acceptors (Lipinski definition) is 2. The summed E-state index contributed by atoms with van der Waals surface area (Å²) in [5.74, 6) is -2.35. The molecule has 0 unspecified atom stereocenters. The highest BCUT2D eigenvalue weighted by Gasteiger charge is 2.40. The standard InChI is InChI=1S/C19H14BrF3N2O2/c1-11-3-2-4-13(7-11)24-17(26)10-25-9-15(18(27)19(21,22)23)14-8-12(20)5-6-16(14)25/h2-9H,10H2,1H3,(H,24,26). The molecule has 3 rings (SSSR count). The zero-order valence-corrected chi connectivity index (χ0v) is 15.7. The molecule has 1 amide bonds. The zero-order valence-electron chi connectivity index (χ0n) is 14.1. The van der Waals surface area contributed by atoms with Gasteiger partial charge in [0.05, 0.1) is 5.56 Å². The third kappa shape index (κ3) is 4.21. The molecule has 0 bridgehead atoms. The van der Waals surface area contributed by atoms with Gasteiger partial charge in [0.1, 0.15) is 6.54 Å². The maximum absolute atomic E-state index is 12.9. The molecule has 2 aromatic carbocycles. The minimum atomic E-state index is -4.99. The monoisotopic (exact) mass is 438 g/mol. The Morgan fingerprint density at radius 2 is 1.89 bits per heavy atom. The molecule has 0 spiro atoms. The van der Waals surface area contributed by atoms with E-state index in [1.54, 1.807) is 30.3 Å². The van der Waals surface area contributed by atoms with E-state index in [2.05, 4.69) is 21.2 Å². The number of anilines is 1. The van der Waals surface area contributed by atoms with Crippen molar-refractivity contribution >= 4 is 44.2 Å². The molecule has 8 heteroatoms. The SMILES string of the molecule is Cc1cccc(NC(=O)Cn2cc(C(=O)C(F)(F)F)c3cc(Br)ccc32)c1. The Morgan fingerprint density at radius 3 is 2.56 bits per heavy atom. The number of alkyl halides is 3. The van der Waals surface area contributed by atoms with Crippen molar-refractivity contribution in [1.29, 1.82) is 0 Å². The molecule has 3 aromatic rings. The number of ketones is 1. The number of rotatable bonds is 4. The number of hydrogen-bond donors (Lipinski definition) is 1. The Bertz CT molecular complexity index is 1040. The predicted molar refractivity (Wildman–Crippen MR) is 99.8 cm³/mol. The Morgan fingerprint density at radius 1 is 1.15 bits per heavy atom. The van der Waals surface area contributed by atoms with E-state index in [4.69, 9.17) is 0 Å². The first-order valence-corrected chi connectivity index (χ1v) is 8.71. The lowest BCUT2D eigenvalue weighted by Crippen LogP contribution is -2.22. The van der Waals surface area contributed by atoms with Crippen LogP contribution in [0.3, 0.4) is 0 Å². The summed E-state index contributed by atoms with van der Waals surface area (Å²) < 4.78 is 40.6. The van der Waals surface area contributed by atoms with Crippen LogP contribution in [0.2, 0.25) is 0 Å². The number of amides is 1. The second-order valence-corrected chi connectivity index (χ2v) is 6.99. The number of carbonyl (C=O) groups excluding carboxylic acids is 2. The number of carbonyl (C=O) groups is 2. The molecule has 1 aromatic heterocycles. The number of fused-ring (bicyclic) bond motifs is 1. The fourth-order valence-corrected chi connectivity index (χ4v) is 3.17. The number of halogens is 4. The van der Waals surface area contributed by atoms with Crippen LogP contribution in [0.15, 0.2) is 53.1 Å². The third-order valence-corrected chi connectivity index (χ3v) is 4.45. The number of aryl methyl sites for hydroxylation is 1. The smallest absolute Gasteiger partial charge is 0.337 e. The van der Waals surface area contributed by atoms with Gasteiger partial charge in [0, 0.05) is 27.3 Å². The highest BCUT2D eigenvalue weighted by molar-refractivity contribution is 9.10. The summed E-state index contributed by atoms with van der Waals surface area (Å²) in [6, 6.07) is 11.8. The van der Waals surface area contributed by atoms with Crippen molar-refractivity contribution in [2.24, 2.45) is 0 Å². The number of nitrogens with zero attached hydrogens (tertiary/aromatic N) is 1. The molecular formula is C19H14BrF3N2O2. The summed E-state index contributed by atoms with van der Waals surface area (Å²) in [5.41, 5.74) is 1.43. The van der Waals surface area contributed by atoms with E-state index >= 15 is 0 Å². The normalized spacial score (nSPS) is 11.6. The average molecular weight is 439 g/mol. The molecule has 0 saturated heterocycles. The Balaban J connectivity index is 1.95. The van der Waals surface area contributed by atoms with Gasteiger partial charge in [-0.1, -0.05) is 28.1 Å². The highest BCUT2D eigenvalue weighted by atomic mass is 79.9. The molecule has 4 nitrogen and oxygen atoms in total. The van der Waals surface area contributed by atoms with Crippen LogP contribution in [-0.2, 0) is 11.3 Å². The molecule has 1 heterocycles. The average Bonchev–Trinajstić information content (AvgIpc) is 2.90. The highest BCUT2D eigenvalue weighted by Crippen LogP contribution is 2.30. The van der Waals surface area contributed by atoms with Gasteiger partial charge in [0.2, 0.25) is 5.91 Å². The largest absolute Gasteiger partial charge is 0.454 e. The maximum Gasteiger partial charge on any atom is 0.454 e. The fraction of sp³-hybridized carbons (Fsp3) is 0.158. The van der Waals surface area contributed by atoms with E-state index < -0.39 is 23.4 Å². The van der Waals surface area contributed by atoms with Gasteiger partial charge in [-0.15, -0.1) is 0 Å². The van der Waals surface area contributed by atoms with Crippen molar-refractivity contribution in [3.05, 3.63) is 64.3 Å². The summed E-state index contributed by atoms with van der Waals surface area (Å²) in [5, 5.41) is 2.83. The summed E-state index contributed by atoms with van der Waals surface area (Å²) in [6.07, 6.45) is -3.92. The lowest BCUT2D eigenvalue weighted by atomic mass is 10.1. The minimum absolute atomic E-state index is 0.134. The second-order valence-electron chi connectivity index (χ2n) is 6.08. The maximum atomic E-state index is 12.9. The van der Waals surface area contributed by atoms with Crippen molar-refractivity contribution in [2.45, 2.75) is 19.6 Å². The van der Waals surface area contributed by atoms with Crippen LogP contribution in [0.25, 0.3) is 10.9 Å². The second kappa shape index (κ2) is 7.19. The van der Waals surface area contributed by atoms with Gasteiger partial charge in [-0.3, -0.25) is 9.59 Å². The first-order chi connectivity index (χ1) is 12.6. The molecule has 27 heavy (non-hydrogen) atoms.